The molecule has 0 spiro atoms. The standard InChI is InChI=1S/C18H29NO4/c1-6-8-9-13-10-12(7-2)11-14(13)23-17(22)19-15(16(20)21)18(3,4)5/h6-7,12-15H,1-2,8-11H2,3-5H3,(H,19,22)(H,20,21)/t12-,13-,14-,15-/m1/s1. The third kappa shape index (κ3) is 5.73. The van der Waals surface area contributed by atoms with Crippen LogP contribution in [0.15, 0.2) is 25.3 Å². The molecule has 0 aliphatic heterocycles. The van der Waals surface area contributed by atoms with Crippen molar-refractivity contribution in [2.75, 3.05) is 0 Å². The minimum absolute atomic E-state index is 0.202. The summed E-state index contributed by atoms with van der Waals surface area (Å²) in [5.41, 5.74) is -0.591. The number of carboxylic acid groups (broad SMARTS) is 1. The lowest BCUT2D eigenvalue weighted by Gasteiger charge is -2.28. The zero-order valence-corrected chi connectivity index (χ0v) is 14.4. The van der Waals surface area contributed by atoms with Gasteiger partial charge in [0.1, 0.15) is 12.1 Å². The number of aliphatic carboxylic acids is 1. The van der Waals surface area contributed by atoms with Crippen LogP contribution in [0.4, 0.5) is 4.79 Å². The molecule has 1 aliphatic rings. The van der Waals surface area contributed by atoms with Gasteiger partial charge in [-0.25, -0.2) is 9.59 Å². The van der Waals surface area contributed by atoms with Crippen LogP contribution >= 0.6 is 0 Å². The minimum Gasteiger partial charge on any atom is -0.480 e. The quantitative estimate of drug-likeness (QED) is 0.700. The first-order chi connectivity index (χ1) is 10.7. The molecule has 1 rings (SSSR count). The van der Waals surface area contributed by atoms with Gasteiger partial charge in [0.05, 0.1) is 0 Å². The molecule has 0 heterocycles. The molecule has 0 aromatic carbocycles. The number of nitrogens with one attached hydrogen (secondary N) is 1. The molecule has 0 radical (unpaired) electrons. The van der Waals surface area contributed by atoms with Gasteiger partial charge in [0.2, 0.25) is 0 Å². The van der Waals surface area contributed by atoms with E-state index in [1.54, 1.807) is 20.8 Å². The monoisotopic (exact) mass is 323 g/mol. The molecule has 0 saturated heterocycles. The Bertz CT molecular complexity index is 452. The highest BCUT2D eigenvalue weighted by molar-refractivity contribution is 5.80. The molecular weight excluding hydrogens is 294 g/mol. The van der Waals surface area contributed by atoms with Gasteiger partial charge in [0.15, 0.2) is 0 Å². The largest absolute Gasteiger partial charge is 0.480 e. The van der Waals surface area contributed by atoms with E-state index in [4.69, 9.17) is 4.74 Å². The molecule has 130 valence electrons. The van der Waals surface area contributed by atoms with E-state index >= 15 is 0 Å². The SMILES string of the molecule is C=CCC[C@@H]1C[C@@H](C=C)C[C@H]1OC(=O)N[C@H](C(=O)O)C(C)(C)C. The molecule has 1 saturated carbocycles. The molecule has 1 amide bonds. The number of carboxylic acids is 1. The Hall–Kier alpha value is -1.78. The van der Waals surface area contributed by atoms with Crippen LogP contribution in [0.3, 0.4) is 0 Å². The molecule has 0 aromatic heterocycles. The summed E-state index contributed by atoms with van der Waals surface area (Å²) >= 11 is 0. The fourth-order valence-electron chi connectivity index (χ4n) is 3.04. The maximum absolute atomic E-state index is 12.1. The number of ether oxygens (including phenoxy) is 1. The van der Waals surface area contributed by atoms with Crippen molar-refractivity contribution < 1.29 is 19.4 Å². The van der Waals surface area contributed by atoms with Crippen molar-refractivity contribution in [3.8, 4) is 0 Å². The summed E-state index contributed by atoms with van der Waals surface area (Å²) < 4.78 is 5.53. The summed E-state index contributed by atoms with van der Waals surface area (Å²) in [7, 11) is 0. The maximum Gasteiger partial charge on any atom is 0.408 e. The second-order valence-electron chi connectivity index (χ2n) is 7.32. The first-order valence-corrected chi connectivity index (χ1v) is 8.12. The van der Waals surface area contributed by atoms with E-state index in [2.05, 4.69) is 18.5 Å². The van der Waals surface area contributed by atoms with Crippen LogP contribution in [-0.2, 0) is 9.53 Å². The number of carbonyl (C=O) groups excluding carboxylic acids is 1. The zero-order chi connectivity index (χ0) is 17.6. The van der Waals surface area contributed by atoms with Gasteiger partial charge in [-0.2, -0.15) is 0 Å². The van der Waals surface area contributed by atoms with Crippen LogP contribution in [0.2, 0.25) is 0 Å². The van der Waals surface area contributed by atoms with Crippen molar-refractivity contribution in [3.05, 3.63) is 25.3 Å². The summed E-state index contributed by atoms with van der Waals surface area (Å²) in [5, 5.41) is 11.8. The van der Waals surface area contributed by atoms with Crippen molar-refractivity contribution in [3.63, 3.8) is 0 Å². The summed E-state index contributed by atoms with van der Waals surface area (Å²) in [4.78, 5) is 23.5. The molecule has 0 bridgehead atoms. The van der Waals surface area contributed by atoms with Crippen LogP contribution in [0.1, 0.15) is 46.5 Å². The highest BCUT2D eigenvalue weighted by Gasteiger charge is 2.37. The number of carbonyl (C=O) groups is 2. The molecule has 0 aromatic rings. The number of hydrogen-bond donors (Lipinski definition) is 2. The first kappa shape index (κ1) is 19.3. The van der Waals surface area contributed by atoms with Gasteiger partial charge >= 0.3 is 12.1 Å². The first-order valence-electron chi connectivity index (χ1n) is 8.12. The van der Waals surface area contributed by atoms with E-state index < -0.39 is 23.5 Å². The van der Waals surface area contributed by atoms with Gasteiger partial charge in [-0.3, -0.25) is 0 Å². The third-order valence-electron chi connectivity index (χ3n) is 4.37. The van der Waals surface area contributed by atoms with Crippen molar-refractivity contribution >= 4 is 12.1 Å². The second kappa shape index (κ2) is 8.18. The van der Waals surface area contributed by atoms with Gasteiger partial charge in [-0.15, -0.1) is 13.2 Å². The number of alkyl carbamates (subject to hydrolysis) is 1. The van der Waals surface area contributed by atoms with E-state index in [0.717, 1.165) is 25.7 Å². The highest BCUT2D eigenvalue weighted by Crippen LogP contribution is 2.37. The lowest BCUT2D eigenvalue weighted by Crippen LogP contribution is -2.50. The van der Waals surface area contributed by atoms with Gasteiger partial charge in [0.25, 0.3) is 0 Å². The Labute approximate surface area is 138 Å². The van der Waals surface area contributed by atoms with Crippen molar-refractivity contribution in [1.29, 1.82) is 0 Å². The fourth-order valence-corrected chi connectivity index (χ4v) is 3.04. The Morgan fingerprint density at radius 2 is 2.00 bits per heavy atom. The number of amides is 1. The topological polar surface area (TPSA) is 75.6 Å². The summed E-state index contributed by atoms with van der Waals surface area (Å²) in [6, 6.07) is -0.988. The fraction of sp³-hybridized carbons (Fsp3) is 0.667. The zero-order valence-electron chi connectivity index (χ0n) is 14.4. The molecular formula is C18H29NO4. The van der Waals surface area contributed by atoms with Crippen LogP contribution in [0, 0.1) is 17.3 Å². The summed E-state index contributed by atoms with van der Waals surface area (Å²) in [6.45, 7) is 12.8. The lowest BCUT2D eigenvalue weighted by molar-refractivity contribution is -0.142. The van der Waals surface area contributed by atoms with Crippen LogP contribution in [-0.4, -0.2) is 29.3 Å². The molecule has 1 aliphatic carbocycles. The molecule has 2 N–H and O–H groups in total. The molecule has 5 nitrogen and oxygen atoms in total. The van der Waals surface area contributed by atoms with Crippen molar-refractivity contribution in [2.45, 2.75) is 58.6 Å². The van der Waals surface area contributed by atoms with E-state index in [1.807, 2.05) is 12.2 Å². The average molecular weight is 323 g/mol. The number of rotatable bonds is 7. The normalized spacial score (nSPS) is 25.4. The third-order valence-corrected chi connectivity index (χ3v) is 4.37. The Kier molecular flexibility index (Phi) is 6.85. The molecule has 23 heavy (non-hydrogen) atoms. The molecule has 1 fully saturated rings. The average Bonchev–Trinajstić information content (AvgIpc) is 2.83. The molecule has 5 heteroatoms. The lowest BCUT2D eigenvalue weighted by atomic mass is 9.87. The Balaban J connectivity index is 2.67. The van der Waals surface area contributed by atoms with Crippen LogP contribution in [0.5, 0.6) is 0 Å². The van der Waals surface area contributed by atoms with E-state index in [0.29, 0.717) is 5.92 Å². The van der Waals surface area contributed by atoms with E-state index in [9.17, 15) is 14.7 Å². The minimum atomic E-state index is -1.06. The number of hydrogen-bond acceptors (Lipinski definition) is 3. The second-order valence-corrected chi connectivity index (χ2v) is 7.32. The van der Waals surface area contributed by atoms with Crippen LogP contribution < -0.4 is 5.32 Å². The smallest absolute Gasteiger partial charge is 0.408 e. The predicted molar refractivity (Wildman–Crippen MR) is 90.1 cm³/mol. The highest BCUT2D eigenvalue weighted by atomic mass is 16.6. The Morgan fingerprint density at radius 3 is 2.48 bits per heavy atom. The van der Waals surface area contributed by atoms with Gasteiger partial charge in [-0.05, 0) is 42.9 Å². The maximum atomic E-state index is 12.1. The Morgan fingerprint density at radius 1 is 1.35 bits per heavy atom. The van der Waals surface area contributed by atoms with E-state index in [1.165, 1.54) is 0 Å². The number of allylic oxidation sites excluding steroid dienone is 2. The van der Waals surface area contributed by atoms with Gasteiger partial charge < -0.3 is 15.2 Å². The van der Waals surface area contributed by atoms with Gasteiger partial charge in [-0.1, -0.05) is 32.9 Å². The van der Waals surface area contributed by atoms with Gasteiger partial charge in [0, 0.05) is 0 Å². The van der Waals surface area contributed by atoms with Crippen molar-refractivity contribution in [2.24, 2.45) is 17.3 Å². The van der Waals surface area contributed by atoms with E-state index in [-0.39, 0.29) is 12.0 Å². The predicted octanol–water partition coefficient (Wildman–Crippen LogP) is 3.76. The summed E-state index contributed by atoms with van der Waals surface area (Å²) in [5.74, 6) is -0.465. The summed E-state index contributed by atoms with van der Waals surface area (Å²) in [6.07, 6.45) is 6.36. The van der Waals surface area contributed by atoms with Crippen LogP contribution in [0.25, 0.3) is 0 Å². The van der Waals surface area contributed by atoms with Crippen molar-refractivity contribution in [1.82, 2.24) is 5.32 Å². The molecule has 0 unspecified atom stereocenters. The molecule has 4 atom stereocenters.